The third-order valence-electron chi connectivity index (χ3n) is 2.49. The first-order valence-electron chi connectivity index (χ1n) is 5.88. The third-order valence-corrected chi connectivity index (χ3v) is 3.13. The van der Waals surface area contributed by atoms with Crippen molar-refractivity contribution in [3.8, 4) is 5.95 Å². The second kappa shape index (κ2) is 5.61. The number of anilines is 2. The van der Waals surface area contributed by atoms with Gasteiger partial charge in [-0.2, -0.15) is 15.0 Å². The lowest BCUT2D eigenvalue weighted by Crippen LogP contribution is -2.10. The van der Waals surface area contributed by atoms with E-state index in [1.54, 1.807) is 47.2 Å². The quantitative estimate of drug-likeness (QED) is 0.727. The Morgan fingerprint density at radius 2 is 2.15 bits per heavy atom. The molecule has 0 unspecified atom stereocenters. The molecular formula is C11H12N8S. The van der Waals surface area contributed by atoms with Crippen molar-refractivity contribution < 1.29 is 0 Å². The van der Waals surface area contributed by atoms with Gasteiger partial charge in [-0.15, -0.1) is 11.3 Å². The van der Waals surface area contributed by atoms with Gasteiger partial charge in [0, 0.05) is 24.8 Å². The Bertz CT molecular complexity index is 664. The summed E-state index contributed by atoms with van der Waals surface area (Å²) >= 11 is 1.55. The molecule has 0 saturated carbocycles. The van der Waals surface area contributed by atoms with Gasteiger partial charge >= 0.3 is 0 Å². The zero-order valence-electron chi connectivity index (χ0n) is 10.7. The van der Waals surface area contributed by atoms with Crippen LogP contribution in [0.25, 0.3) is 5.95 Å². The summed E-state index contributed by atoms with van der Waals surface area (Å²) in [7, 11) is 1.76. The van der Waals surface area contributed by atoms with Crippen molar-refractivity contribution in [1.29, 1.82) is 0 Å². The fraction of sp³-hybridized carbons (Fsp3) is 0.182. The zero-order valence-corrected chi connectivity index (χ0v) is 11.5. The van der Waals surface area contributed by atoms with Crippen LogP contribution in [-0.2, 0) is 6.54 Å². The van der Waals surface area contributed by atoms with Crippen LogP contribution in [0.3, 0.4) is 0 Å². The van der Waals surface area contributed by atoms with E-state index in [1.165, 1.54) is 0 Å². The van der Waals surface area contributed by atoms with Crippen molar-refractivity contribution in [3.63, 3.8) is 0 Å². The van der Waals surface area contributed by atoms with Crippen molar-refractivity contribution in [1.82, 2.24) is 29.5 Å². The molecule has 0 spiro atoms. The fourth-order valence-corrected chi connectivity index (χ4v) is 2.10. The normalized spacial score (nSPS) is 10.4. The van der Waals surface area contributed by atoms with Gasteiger partial charge in [0.05, 0.1) is 17.7 Å². The van der Waals surface area contributed by atoms with Crippen LogP contribution in [0.2, 0.25) is 0 Å². The highest BCUT2D eigenvalue weighted by molar-refractivity contribution is 7.07. The molecule has 9 heteroatoms. The summed E-state index contributed by atoms with van der Waals surface area (Å²) in [5.74, 6) is 1.48. The van der Waals surface area contributed by atoms with E-state index in [0.717, 1.165) is 5.69 Å². The monoisotopic (exact) mass is 288 g/mol. The van der Waals surface area contributed by atoms with E-state index in [0.29, 0.717) is 24.4 Å². The maximum absolute atomic E-state index is 4.35. The van der Waals surface area contributed by atoms with Gasteiger partial charge in [-0.1, -0.05) is 0 Å². The summed E-state index contributed by atoms with van der Waals surface area (Å²) in [6.45, 7) is 0.569. The van der Waals surface area contributed by atoms with Crippen LogP contribution in [0, 0.1) is 0 Å². The molecule has 8 nitrogen and oxygen atoms in total. The summed E-state index contributed by atoms with van der Waals surface area (Å²) in [5.41, 5.74) is 2.74. The molecule has 20 heavy (non-hydrogen) atoms. The minimum Gasteiger partial charge on any atom is -0.357 e. The number of nitrogens with zero attached hydrogens (tertiary/aromatic N) is 6. The van der Waals surface area contributed by atoms with Gasteiger partial charge in [-0.25, -0.2) is 9.97 Å². The first kappa shape index (κ1) is 12.5. The Labute approximate surface area is 119 Å². The predicted molar refractivity (Wildman–Crippen MR) is 75.9 cm³/mol. The molecule has 0 radical (unpaired) electrons. The van der Waals surface area contributed by atoms with Crippen LogP contribution in [0.4, 0.5) is 11.9 Å². The lowest BCUT2D eigenvalue weighted by atomic mass is 10.5. The number of imidazole rings is 1. The second-order valence-electron chi connectivity index (χ2n) is 3.84. The molecule has 3 heterocycles. The van der Waals surface area contributed by atoms with Gasteiger partial charge in [0.25, 0.3) is 0 Å². The summed E-state index contributed by atoms with van der Waals surface area (Å²) in [5, 5.41) is 8.02. The van der Waals surface area contributed by atoms with E-state index in [4.69, 9.17) is 0 Å². The Hall–Kier alpha value is -2.55. The van der Waals surface area contributed by atoms with Gasteiger partial charge in [0.2, 0.25) is 17.8 Å². The smallest absolute Gasteiger partial charge is 0.241 e. The van der Waals surface area contributed by atoms with Crippen molar-refractivity contribution in [2.24, 2.45) is 0 Å². The second-order valence-corrected chi connectivity index (χ2v) is 4.55. The van der Waals surface area contributed by atoms with Crippen LogP contribution in [0.1, 0.15) is 5.69 Å². The van der Waals surface area contributed by atoms with Gasteiger partial charge in [-0.3, -0.25) is 4.57 Å². The number of hydrogen-bond acceptors (Lipinski definition) is 8. The van der Waals surface area contributed by atoms with E-state index >= 15 is 0 Å². The molecular weight excluding hydrogens is 276 g/mol. The van der Waals surface area contributed by atoms with Crippen LogP contribution >= 0.6 is 11.3 Å². The summed E-state index contributed by atoms with van der Waals surface area (Å²) in [4.78, 5) is 21.1. The molecule has 0 aliphatic rings. The molecule has 0 atom stereocenters. The third kappa shape index (κ3) is 2.72. The number of hydrogen-bond donors (Lipinski definition) is 2. The maximum atomic E-state index is 4.35. The minimum absolute atomic E-state index is 0.487. The highest BCUT2D eigenvalue weighted by Crippen LogP contribution is 2.10. The van der Waals surface area contributed by atoms with Gasteiger partial charge < -0.3 is 10.6 Å². The van der Waals surface area contributed by atoms with Gasteiger partial charge in [0.15, 0.2) is 0 Å². The Balaban J connectivity index is 1.84. The van der Waals surface area contributed by atoms with Crippen molar-refractivity contribution >= 4 is 23.2 Å². The Morgan fingerprint density at radius 3 is 2.85 bits per heavy atom. The molecule has 102 valence electrons. The van der Waals surface area contributed by atoms with E-state index in [1.807, 2.05) is 5.38 Å². The summed E-state index contributed by atoms with van der Waals surface area (Å²) in [6, 6.07) is 0. The fourth-order valence-electron chi connectivity index (χ4n) is 1.54. The van der Waals surface area contributed by atoms with Crippen molar-refractivity contribution in [3.05, 3.63) is 35.3 Å². The number of aromatic nitrogens is 6. The summed E-state index contributed by atoms with van der Waals surface area (Å²) in [6.07, 6.45) is 5.09. The Kier molecular flexibility index (Phi) is 3.50. The lowest BCUT2D eigenvalue weighted by Gasteiger charge is -2.07. The molecule has 0 aliphatic heterocycles. The molecule has 0 aromatic carbocycles. The standard InChI is InChI=1S/C11H12N8S/c1-12-9-16-10(14-4-8-5-20-7-15-8)18-11(17-9)19-3-2-13-6-19/h2-3,5-7H,4H2,1H3,(H2,12,14,16,17,18). The van der Waals surface area contributed by atoms with E-state index in [2.05, 4.69) is 35.6 Å². The van der Waals surface area contributed by atoms with E-state index < -0.39 is 0 Å². The molecule has 0 amide bonds. The Morgan fingerprint density at radius 1 is 1.25 bits per heavy atom. The van der Waals surface area contributed by atoms with Crippen molar-refractivity contribution in [2.75, 3.05) is 17.7 Å². The number of rotatable bonds is 5. The lowest BCUT2D eigenvalue weighted by molar-refractivity contribution is 0.888. The van der Waals surface area contributed by atoms with Crippen LogP contribution < -0.4 is 10.6 Å². The van der Waals surface area contributed by atoms with Gasteiger partial charge in [0.1, 0.15) is 6.33 Å². The van der Waals surface area contributed by atoms with E-state index in [9.17, 15) is 0 Å². The average molecular weight is 288 g/mol. The van der Waals surface area contributed by atoms with E-state index in [-0.39, 0.29) is 0 Å². The van der Waals surface area contributed by atoms with Crippen LogP contribution in [-0.4, -0.2) is 36.5 Å². The van der Waals surface area contributed by atoms with Gasteiger partial charge in [-0.05, 0) is 0 Å². The average Bonchev–Trinajstić information content (AvgIpc) is 3.17. The molecule has 3 aromatic heterocycles. The van der Waals surface area contributed by atoms with Crippen molar-refractivity contribution in [2.45, 2.75) is 6.54 Å². The van der Waals surface area contributed by atoms with Crippen LogP contribution in [0.15, 0.2) is 29.6 Å². The largest absolute Gasteiger partial charge is 0.357 e. The van der Waals surface area contributed by atoms with Crippen LogP contribution in [0.5, 0.6) is 0 Å². The molecule has 0 fully saturated rings. The first-order chi connectivity index (χ1) is 9.85. The SMILES string of the molecule is CNc1nc(NCc2cscn2)nc(-n2ccnc2)n1. The zero-order chi connectivity index (χ0) is 13.8. The number of thiazole rings is 1. The molecule has 2 N–H and O–H groups in total. The molecule has 0 saturated heterocycles. The minimum atomic E-state index is 0.487. The highest BCUT2D eigenvalue weighted by atomic mass is 32.1. The molecule has 3 rings (SSSR count). The first-order valence-corrected chi connectivity index (χ1v) is 6.82. The topological polar surface area (TPSA) is 93.4 Å². The maximum Gasteiger partial charge on any atom is 0.241 e. The number of nitrogens with one attached hydrogen (secondary N) is 2. The summed E-state index contributed by atoms with van der Waals surface area (Å²) < 4.78 is 1.72. The molecule has 0 aliphatic carbocycles. The molecule has 0 bridgehead atoms. The highest BCUT2D eigenvalue weighted by Gasteiger charge is 2.07. The molecule has 3 aromatic rings. The predicted octanol–water partition coefficient (Wildman–Crippen LogP) is 1.17.